The van der Waals surface area contributed by atoms with Crippen LogP contribution < -0.4 is 5.73 Å². The molecule has 0 unspecified atom stereocenters. The molecule has 0 amide bonds. The molecular weight excluding hydrogens is 226 g/mol. The van der Waals surface area contributed by atoms with Gasteiger partial charge in [0.15, 0.2) is 11.5 Å². The van der Waals surface area contributed by atoms with E-state index in [9.17, 15) is 0 Å². The van der Waals surface area contributed by atoms with Crippen LogP contribution in [0.15, 0.2) is 47.7 Å². The summed E-state index contributed by atoms with van der Waals surface area (Å²) in [5, 5.41) is 0. The molecule has 3 nitrogen and oxygen atoms in total. The maximum Gasteiger partial charge on any atom is 0.171 e. The molecule has 1 atom stereocenters. The first kappa shape index (κ1) is 13.0. The second kappa shape index (κ2) is 5.91. The third-order valence-corrected chi connectivity index (χ3v) is 2.91. The Bertz CT molecular complexity index is 416. The molecule has 2 N–H and O–H groups in total. The molecule has 0 saturated heterocycles. The van der Waals surface area contributed by atoms with Gasteiger partial charge in [0, 0.05) is 11.6 Å². The van der Waals surface area contributed by atoms with Gasteiger partial charge in [-0.3, -0.25) is 0 Å². The van der Waals surface area contributed by atoms with E-state index < -0.39 is 0 Å². The maximum absolute atomic E-state index is 6.02. The first-order valence-corrected chi connectivity index (χ1v) is 6.48. The number of hydrogen-bond donors (Lipinski definition) is 1. The number of ether oxygens (including phenoxy) is 2. The topological polar surface area (TPSA) is 44.5 Å². The minimum atomic E-state index is 0.0694. The molecule has 98 valence electrons. The number of fused-ring (bicyclic) bond motifs is 1. The Labute approximate surface area is 109 Å². The second-order valence-electron chi connectivity index (χ2n) is 5.14. The van der Waals surface area contributed by atoms with Crippen LogP contribution in [-0.4, -0.2) is 12.6 Å². The molecule has 0 aromatic carbocycles. The van der Waals surface area contributed by atoms with Crippen LogP contribution in [0.2, 0.25) is 0 Å². The van der Waals surface area contributed by atoms with Gasteiger partial charge in [0.25, 0.3) is 0 Å². The number of allylic oxidation sites excluding steroid dienone is 5. The van der Waals surface area contributed by atoms with Crippen molar-refractivity contribution in [3.8, 4) is 0 Å². The third kappa shape index (κ3) is 3.26. The first-order valence-electron chi connectivity index (χ1n) is 6.48. The quantitative estimate of drug-likeness (QED) is 0.812. The SMILES string of the molecule is CC(C)C[C@H](N)COC1=C2OC=CC=C2CC=C1. The van der Waals surface area contributed by atoms with E-state index in [1.807, 2.05) is 12.2 Å². The Kier molecular flexibility index (Phi) is 4.26. The number of nitrogens with two attached hydrogens (primary N) is 1. The predicted octanol–water partition coefficient (Wildman–Crippen LogP) is 3.02. The van der Waals surface area contributed by atoms with E-state index in [0.717, 1.165) is 29.9 Å². The summed E-state index contributed by atoms with van der Waals surface area (Å²) in [6.07, 6.45) is 11.5. The number of hydrogen-bond acceptors (Lipinski definition) is 3. The van der Waals surface area contributed by atoms with Gasteiger partial charge in [-0.2, -0.15) is 0 Å². The van der Waals surface area contributed by atoms with Crippen LogP contribution in [0.1, 0.15) is 26.7 Å². The van der Waals surface area contributed by atoms with E-state index in [4.69, 9.17) is 15.2 Å². The summed E-state index contributed by atoms with van der Waals surface area (Å²) in [5.41, 5.74) is 7.18. The zero-order valence-electron chi connectivity index (χ0n) is 11.1. The Balaban J connectivity index is 1.96. The van der Waals surface area contributed by atoms with Crippen LogP contribution in [0.3, 0.4) is 0 Å². The zero-order chi connectivity index (χ0) is 13.0. The third-order valence-electron chi connectivity index (χ3n) is 2.91. The molecule has 0 fully saturated rings. The Morgan fingerprint density at radius 3 is 3.06 bits per heavy atom. The molecule has 1 aliphatic carbocycles. The summed E-state index contributed by atoms with van der Waals surface area (Å²) < 4.78 is 11.3. The van der Waals surface area contributed by atoms with Crippen molar-refractivity contribution in [3.63, 3.8) is 0 Å². The van der Waals surface area contributed by atoms with E-state index in [0.29, 0.717) is 12.5 Å². The maximum atomic E-state index is 6.02. The Morgan fingerprint density at radius 2 is 2.28 bits per heavy atom. The van der Waals surface area contributed by atoms with E-state index >= 15 is 0 Å². The van der Waals surface area contributed by atoms with E-state index in [1.54, 1.807) is 6.26 Å². The molecule has 0 bridgehead atoms. The van der Waals surface area contributed by atoms with Gasteiger partial charge in [0.05, 0.1) is 6.26 Å². The highest BCUT2D eigenvalue weighted by atomic mass is 16.5. The van der Waals surface area contributed by atoms with Gasteiger partial charge in [-0.25, -0.2) is 0 Å². The summed E-state index contributed by atoms with van der Waals surface area (Å²) in [6, 6.07) is 0.0694. The normalized spacial score (nSPS) is 19.4. The standard InChI is InChI=1S/C15H21NO2/c1-11(2)9-13(16)10-18-14-7-3-5-12-6-4-8-17-15(12)14/h3-4,6-8,11,13H,5,9-10,16H2,1-2H3/t13-/m0/s1. The van der Waals surface area contributed by atoms with Crippen LogP contribution >= 0.6 is 0 Å². The minimum Gasteiger partial charge on any atom is -0.488 e. The minimum absolute atomic E-state index is 0.0694. The van der Waals surface area contributed by atoms with Crippen molar-refractivity contribution in [2.75, 3.05) is 6.61 Å². The molecule has 1 heterocycles. The predicted molar refractivity (Wildman–Crippen MR) is 72.5 cm³/mol. The molecule has 2 aliphatic rings. The van der Waals surface area contributed by atoms with E-state index in [2.05, 4.69) is 26.0 Å². The lowest BCUT2D eigenvalue weighted by Crippen LogP contribution is -2.28. The molecule has 0 saturated carbocycles. The molecule has 3 heteroatoms. The van der Waals surface area contributed by atoms with E-state index in [-0.39, 0.29) is 6.04 Å². The average molecular weight is 247 g/mol. The summed E-state index contributed by atoms with van der Waals surface area (Å²) in [5.74, 6) is 2.21. The van der Waals surface area contributed by atoms with Gasteiger partial charge in [0.2, 0.25) is 0 Å². The molecule has 2 rings (SSSR count). The highest BCUT2D eigenvalue weighted by Gasteiger charge is 2.18. The molecule has 0 aromatic heterocycles. The summed E-state index contributed by atoms with van der Waals surface area (Å²) in [6.45, 7) is 4.86. The van der Waals surface area contributed by atoms with Crippen molar-refractivity contribution in [1.82, 2.24) is 0 Å². The smallest absolute Gasteiger partial charge is 0.171 e. The summed E-state index contributed by atoms with van der Waals surface area (Å²) in [7, 11) is 0. The van der Waals surface area contributed by atoms with Gasteiger partial charge >= 0.3 is 0 Å². The van der Waals surface area contributed by atoms with E-state index in [1.165, 1.54) is 0 Å². The second-order valence-corrected chi connectivity index (χ2v) is 5.14. The fraction of sp³-hybridized carbons (Fsp3) is 0.467. The van der Waals surface area contributed by atoms with Crippen molar-refractivity contribution >= 4 is 0 Å². The van der Waals surface area contributed by atoms with Gasteiger partial charge in [0.1, 0.15) is 6.61 Å². The van der Waals surface area contributed by atoms with Crippen LogP contribution in [-0.2, 0) is 9.47 Å². The first-order chi connectivity index (χ1) is 8.66. The largest absolute Gasteiger partial charge is 0.488 e. The lowest BCUT2D eigenvalue weighted by Gasteiger charge is -2.22. The highest BCUT2D eigenvalue weighted by molar-refractivity contribution is 5.42. The van der Waals surface area contributed by atoms with Gasteiger partial charge < -0.3 is 15.2 Å². The van der Waals surface area contributed by atoms with Gasteiger partial charge in [-0.1, -0.05) is 26.0 Å². The molecule has 0 radical (unpaired) electrons. The van der Waals surface area contributed by atoms with Crippen LogP contribution in [0.5, 0.6) is 0 Å². The fourth-order valence-corrected chi connectivity index (χ4v) is 2.14. The molecule has 18 heavy (non-hydrogen) atoms. The number of rotatable bonds is 5. The Morgan fingerprint density at radius 1 is 1.44 bits per heavy atom. The molecule has 1 aliphatic heterocycles. The van der Waals surface area contributed by atoms with Crippen molar-refractivity contribution < 1.29 is 9.47 Å². The fourth-order valence-electron chi connectivity index (χ4n) is 2.14. The average Bonchev–Trinajstić information content (AvgIpc) is 2.35. The summed E-state index contributed by atoms with van der Waals surface area (Å²) >= 11 is 0. The van der Waals surface area contributed by atoms with Gasteiger partial charge in [-0.05, 0) is 30.9 Å². The van der Waals surface area contributed by atoms with Crippen molar-refractivity contribution in [3.05, 3.63) is 47.7 Å². The zero-order valence-corrected chi connectivity index (χ0v) is 11.1. The van der Waals surface area contributed by atoms with Crippen LogP contribution in [0.4, 0.5) is 0 Å². The highest BCUT2D eigenvalue weighted by Crippen LogP contribution is 2.29. The lowest BCUT2D eigenvalue weighted by atomic mass is 10.0. The molecule has 0 aromatic rings. The van der Waals surface area contributed by atoms with Gasteiger partial charge in [-0.15, -0.1) is 0 Å². The lowest BCUT2D eigenvalue weighted by molar-refractivity contribution is 0.175. The van der Waals surface area contributed by atoms with Crippen molar-refractivity contribution in [2.24, 2.45) is 11.7 Å². The van der Waals surface area contributed by atoms with Crippen LogP contribution in [0, 0.1) is 5.92 Å². The monoisotopic (exact) mass is 247 g/mol. The molecular formula is C15H21NO2. The van der Waals surface area contributed by atoms with Crippen molar-refractivity contribution in [1.29, 1.82) is 0 Å². The molecule has 0 spiro atoms. The summed E-state index contributed by atoms with van der Waals surface area (Å²) in [4.78, 5) is 0. The van der Waals surface area contributed by atoms with Crippen LogP contribution in [0.25, 0.3) is 0 Å². The Hall–Kier alpha value is -1.48. The van der Waals surface area contributed by atoms with Crippen molar-refractivity contribution in [2.45, 2.75) is 32.7 Å².